The minimum absolute atomic E-state index is 0.244. The first-order chi connectivity index (χ1) is 9.24. The van der Waals surface area contributed by atoms with Crippen molar-refractivity contribution in [3.63, 3.8) is 0 Å². The van der Waals surface area contributed by atoms with E-state index in [-0.39, 0.29) is 5.56 Å². The Balaban J connectivity index is 1.90. The minimum atomic E-state index is -0.951. The molecule has 0 saturated carbocycles. The molecule has 2 heterocycles. The van der Waals surface area contributed by atoms with Crippen LogP contribution in [0.3, 0.4) is 0 Å². The summed E-state index contributed by atoms with van der Waals surface area (Å²) in [7, 11) is 0. The van der Waals surface area contributed by atoms with Gasteiger partial charge < -0.3 is 14.2 Å². The highest BCUT2D eigenvalue weighted by atomic mass is 16.5. The molecule has 7 nitrogen and oxygen atoms in total. The van der Waals surface area contributed by atoms with E-state index in [1.807, 2.05) is 4.57 Å². The third kappa shape index (κ3) is 2.17. The number of aryl methyl sites for hydroxylation is 2. The van der Waals surface area contributed by atoms with Gasteiger partial charge in [0.15, 0.2) is 5.82 Å². The molecule has 1 N–H and O–H groups in total. The van der Waals surface area contributed by atoms with Gasteiger partial charge in [-0.25, -0.2) is 9.78 Å². The number of fused-ring (bicyclic) bond motifs is 1. The van der Waals surface area contributed by atoms with Crippen LogP contribution in [0.1, 0.15) is 16.2 Å². The Kier molecular flexibility index (Phi) is 2.71. The molecule has 7 heteroatoms. The van der Waals surface area contributed by atoms with Crippen LogP contribution in [0.5, 0.6) is 0 Å². The molecule has 19 heavy (non-hydrogen) atoms. The maximum absolute atomic E-state index is 11.0. The summed E-state index contributed by atoms with van der Waals surface area (Å²) in [5.41, 5.74) is 1.79. The summed E-state index contributed by atoms with van der Waals surface area (Å²) in [6, 6.07) is 4.85. The van der Waals surface area contributed by atoms with Crippen LogP contribution in [0.2, 0.25) is 0 Å². The van der Waals surface area contributed by atoms with Gasteiger partial charge in [-0.1, -0.05) is 5.16 Å². The summed E-state index contributed by atoms with van der Waals surface area (Å²) in [6.45, 7) is 0.610. The first-order valence-electron chi connectivity index (χ1n) is 5.67. The second-order valence-electron chi connectivity index (χ2n) is 4.04. The van der Waals surface area contributed by atoms with Crippen molar-refractivity contribution in [1.29, 1.82) is 0 Å². The predicted molar refractivity (Wildman–Crippen MR) is 64.7 cm³/mol. The third-order valence-corrected chi connectivity index (χ3v) is 2.85. The zero-order valence-electron chi connectivity index (χ0n) is 9.85. The van der Waals surface area contributed by atoms with E-state index in [9.17, 15) is 4.79 Å². The number of benzene rings is 1. The largest absolute Gasteiger partial charge is 0.478 e. The minimum Gasteiger partial charge on any atom is -0.478 e. The van der Waals surface area contributed by atoms with Gasteiger partial charge in [-0.15, -0.1) is 0 Å². The van der Waals surface area contributed by atoms with Crippen molar-refractivity contribution in [3.05, 3.63) is 42.3 Å². The Hall–Kier alpha value is -2.70. The van der Waals surface area contributed by atoms with Gasteiger partial charge in [-0.2, -0.15) is 4.98 Å². The summed E-state index contributed by atoms with van der Waals surface area (Å²) in [6.07, 6.45) is 3.56. The molecule has 3 aromatic rings. The summed E-state index contributed by atoms with van der Waals surface area (Å²) in [5, 5.41) is 12.7. The summed E-state index contributed by atoms with van der Waals surface area (Å²) in [4.78, 5) is 19.1. The second-order valence-corrected chi connectivity index (χ2v) is 4.04. The maximum Gasteiger partial charge on any atom is 0.335 e. The van der Waals surface area contributed by atoms with Gasteiger partial charge >= 0.3 is 5.97 Å². The van der Waals surface area contributed by atoms with Crippen LogP contribution < -0.4 is 0 Å². The lowest BCUT2D eigenvalue weighted by Gasteiger charge is -2.02. The van der Waals surface area contributed by atoms with Crippen molar-refractivity contribution >= 4 is 17.0 Å². The van der Waals surface area contributed by atoms with Gasteiger partial charge in [-0.05, 0) is 18.2 Å². The number of imidazole rings is 1. The molecule has 0 aliphatic rings. The number of aromatic carboxylic acids is 1. The third-order valence-electron chi connectivity index (χ3n) is 2.85. The van der Waals surface area contributed by atoms with Crippen molar-refractivity contribution in [2.45, 2.75) is 13.0 Å². The SMILES string of the molecule is O=C(O)c1ccc2ncn(CCc3ncon3)c2c1. The topological polar surface area (TPSA) is 94.0 Å². The fourth-order valence-corrected chi connectivity index (χ4v) is 1.89. The number of hydrogen-bond acceptors (Lipinski definition) is 5. The first kappa shape index (κ1) is 11.4. The molecule has 3 rings (SSSR count). The van der Waals surface area contributed by atoms with Crippen molar-refractivity contribution in [2.24, 2.45) is 0 Å². The smallest absolute Gasteiger partial charge is 0.335 e. The van der Waals surface area contributed by atoms with Crippen molar-refractivity contribution in [3.8, 4) is 0 Å². The highest BCUT2D eigenvalue weighted by Crippen LogP contribution is 2.15. The molecule has 0 unspecified atom stereocenters. The fraction of sp³-hybridized carbons (Fsp3) is 0.167. The van der Waals surface area contributed by atoms with Gasteiger partial charge in [0.25, 0.3) is 0 Å². The van der Waals surface area contributed by atoms with Crippen LogP contribution in [0.25, 0.3) is 11.0 Å². The number of rotatable bonds is 4. The number of carboxylic acids is 1. The van der Waals surface area contributed by atoms with Crippen LogP contribution in [0, 0.1) is 0 Å². The molecule has 0 aliphatic carbocycles. The Bertz CT molecular complexity index is 718. The zero-order valence-corrected chi connectivity index (χ0v) is 9.85. The lowest BCUT2D eigenvalue weighted by atomic mass is 10.2. The predicted octanol–water partition coefficient (Wildman–Crippen LogP) is 1.36. The van der Waals surface area contributed by atoms with Crippen LogP contribution in [-0.2, 0) is 13.0 Å². The molecule has 0 aliphatic heterocycles. The van der Waals surface area contributed by atoms with Gasteiger partial charge in [0.2, 0.25) is 6.39 Å². The maximum atomic E-state index is 11.0. The number of carboxylic acid groups (broad SMARTS) is 1. The van der Waals surface area contributed by atoms with Crippen LogP contribution in [-0.4, -0.2) is 30.8 Å². The van der Waals surface area contributed by atoms with E-state index >= 15 is 0 Å². The van der Waals surface area contributed by atoms with Crippen LogP contribution in [0.4, 0.5) is 0 Å². The molecule has 2 aromatic heterocycles. The van der Waals surface area contributed by atoms with Crippen molar-refractivity contribution in [1.82, 2.24) is 19.7 Å². The summed E-state index contributed by atoms with van der Waals surface area (Å²) >= 11 is 0. The molecule has 0 amide bonds. The Morgan fingerprint density at radius 2 is 2.26 bits per heavy atom. The fourth-order valence-electron chi connectivity index (χ4n) is 1.89. The average molecular weight is 258 g/mol. The van der Waals surface area contributed by atoms with E-state index < -0.39 is 5.97 Å². The zero-order chi connectivity index (χ0) is 13.2. The van der Waals surface area contributed by atoms with E-state index in [0.717, 1.165) is 11.0 Å². The lowest BCUT2D eigenvalue weighted by Crippen LogP contribution is -2.02. The van der Waals surface area contributed by atoms with Gasteiger partial charge in [0.05, 0.1) is 22.9 Å². The molecule has 1 aromatic carbocycles. The normalized spacial score (nSPS) is 10.9. The number of carbonyl (C=O) groups is 1. The van der Waals surface area contributed by atoms with Crippen LogP contribution >= 0.6 is 0 Å². The van der Waals surface area contributed by atoms with Crippen molar-refractivity contribution < 1.29 is 14.4 Å². The summed E-state index contributed by atoms with van der Waals surface area (Å²) < 4.78 is 6.53. The quantitative estimate of drug-likeness (QED) is 0.759. The molecule has 0 saturated heterocycles. The number of nitrogens with zero attached hydrogens (tertiary/aromatic N) is 4. The van der Waals surface area contributed by atoms with Gasteiger partial charge in [0.1, 0.15) is 0 Å². The highest BCUT2D eigenvalue weighted by molar-refractivity contribution is 5.92. The molecular formula is C12H10N4O3. The van der Waals surface area contributed by atoms with Crippen LogP contribution in [0.15, 0.2) is 35.4 Å². The molecule has 0 fully saturated rings. The summed E-state index contributed by atoms with van der Waals surface area (Å²) in [5.74, 6) is -0.343. The molecule has 96 valence electrons. The number of hydrogen-bond donors (Lipinski definition) is 1. The Labute approximate surface area is 107 Å². The second kappa shape index (κ2) is 4.52. The molecule has 0 atom stereocenters. The van der Waals surface area contributed by atoms with E-state index in [0.29, 0.717) is 18.8 Å². The van der Waals surface area contributed by atoms with E-state index in [1.165, 1.54) is 6.39 Å². The first-order valence-corrected chi connectivity index (χ1v) is 5.67. The number of aromatic nitrogens is 4. The lowest BCUT2D eigenvalue weighted by molar-refractivity contribution is 0.0697. The van der Waals surface area contributed by atoms with Gasteiger partial charge in [-0.3, -0.25) is 0 Å². The van der Waals surface area contributed by atoms with Crippen molar-refractivity contribution in [2.75, 3.05) is 0 Å². The standard InChI is InChI=1S/C12H10N4O3/c17-12(18)8-1-2-9-10(5-8)16(6-13-9)4-3-11-14-7-19-15-11/h1-2,5-7H,3-4H2,(H,17,18). The van der Waals surface area contributed by atoms with E-state index in [2.05, 4.69) is 19.6 Å². The highest BCUT2D eigenvalue weighted by Gasteiger charge is 2.08. The van der Waals surface area contributed by atoms with E-state index in [4.69, 9.17) is 5.11 Å². The van der Waals surface area contributed by atoms with E-state index in [1.54, 1.807) is 24.5 Å². The Morgan fingerprint density at radius 1 is 1.37 bits per heavy atom. The Morgan fingerprint density at radius 3 is 3.00 bits per heavy atom. The molecule has 0 radical (unpaired) electrons. The molecule has 0 spiro atoms. The molecule has 0 bridgehead atoms. The van der Waals surface area contributed by atoms with Gasteiger partial charge in [0, 0.05) is 13.0 Å². The monoisotopic (exact) mass is 258 g/mol. The average Bonchev–Trinajstić information content (AvgIpc) is 3.05. The molecular weight excluding hydrogens is 248 g/mol.